The monoisotopic (exact) mass is 465 g/mol. The number of methoxy groups -OCH3 is 1. The average molecular weight is 465 g/mol. The number of carbonyl (C=O) groups excluding carboxylic acids is 1. The lowest BCUT2D eigenvalue weighted by Crippen LogP contribution is -2.57. The number of amides is 1. The normalized spacial score (nSPS) is 22.3. The van der Waals surface area contributed by atoms with Crippen LogP contribution in [0.5, 0.6) is 0 Å². The van der Waals surface area contributed by atoms with Gasteiger partial charge in [0.1, 0.15) is 0 Å². The Hall–Kier alpha value is -2.64. The van der Waals surface area contributed by atoms with Crippen molar-refractivity contribution in [2.24, 2.45) is 5.92 Å². The summed E-state index contributed by atoms with van der Waals surface area (Å²) in [5.41, 5.74) is 0. The third-order valence-electron chi connectivity index (χ3n) is 5.23. The predicted octanol–water partition coefficient (Wildman–Crippen LogP) is 0.702. The lowest BCUT2D eigenvalue weighted by molar-refractivity contribution is -0.192. The second-order valence-corrected chi connectivity index (χ2v) is 7.47. The zero-order valence-electron chi connectivity index (χ0n) is 17.5. The molecule has 0 spiro atoms. The maximum Gasteiger partial charge on any atom is 0.490 e. The fourth-order valence-corrected chi connectivity index (χ4v) is 3.63. The largest absolute Gasteiger partial charge is 0.490 e. The molecule has 10 nitrogen and oxygen atoms in total. The SMILES string of the molecule is COCCN1CC(C(=O)O)CN2CCN(C(=O)c3ccco3)CC2C1.O=C(O)C(F)(F)F. The first-order valence-electron chi connectivity index (χ1n) is 9.84. The minimum atomic E-state index is -5.08. The molecule has 2 aliphatic heterocycles. The quantitative estimate of drug-likeness (QED) is 0.647. The molecule has 2 atom stereocenters. The minimum absolute atomic E-state index is 0.105. The number of carbonyl (C=O) groups is 3. The lowest BCUT2D eigenvalue weighted by Gasteiger charge is -2.41. The van der Waals surface area contributed by atoms with Gasteiger partial charge in [0.2, 0.25) is 0 Å². The zero-order valence-corrected chi connectivity index (χ0v) is 17.5. The number of hydrogen-bond acceptors (Lipinski definition) is 7. The summed E-state index contributed by atoms with van der Waals surface area (Å²) >= 11 is 0. The van der Waals surface area contributed by atoms with Crippen molar-refractivity contribution in [3.8, 4) is 0 Å². The summed E-state index contributed by atoms with van der Waals surface area (Å²) in [5.74, 6) is -3.70. The zero-order chi connectivity index (χ0) is 23.9. The first kappa shape index (κ1) is 25.6. The minimum Gasteiger partial charge on any atom is -0.481 e. The molecule has 0 bridgehead atoms. The molecule has 2 N–H and O–H groups in total. The molecule has 2 fully saturated rings. The number of alkyl halides is 3. The van der Waals surface area contributed by atoms with Crippen LogP contribution in [-0.4, -0.2) is 115 Å². The summed E-state index contributed by atoms with van der Waals surface area (Å²) in [6.45, 7) is 4.86. The Morgan fingerprint density at radius 1 is 1.16 bits per heavy atom. The van der Waals surface area contributed by atoms with Gasteiger partial charge in [0.05, 0.1) is 18.8 Å². The van der Waals surface area contributed by atoms with Crippen molar-refractivity contribution in [1.82, 2.24) is 14.7 Å². The van der Waals surface area contributed by atoms with Gasteiger partial charge in [0, 0.05) is 59.0 Å². The summed E-state index contributed by atoms with van der Waals surface area (Å²) in [6, 6.07) is 3.50. The van der Waals surface area contributed by atoms with E-state index in [2.05, 4.69) is 9.80 Å². The summed E-state index contributed by atoms with van der Waals surface area (Å²) in [5, 5.41) is 16.6. The molecule has 2 aliphatic rings. The van der Waals surface area contributed by atoms with Crippen LogP contribution in [0.15, 0.2) is 22.8 Å². The molecular formula is C19H26F3N3O7. The summed E-state index contributed by atoms with van der Waals surface area (Å²) in [7, 11) is 1.64. The topological polar surface area (TPSA) is 124 Å². The highest BCUT2D eigenvalue weighted by Gasteiger charge is 2.39. The fraction of sp³-hybridized carbons (Fsp3) is 0.632. The Morgan fingerprint density at radius 2 is 1.84 bits per heavy atom. The summed E-state index contributed by atoms with van der Waals surface area (Å²) in [6.07, 6.45) is -3.58. The van der Waals surface area contributed by atoms with Gasteiger partial charge in [-0.2, -0.15) is 13.2 Å². The van der Waals surface area contributed by atoms with Crippen molar-refractivity contribution in [2.75, 3.05) is 59.5 Å². The molecule has 3 heterocycles. The van der Waals surface area contributed by atoms with Gasteiger partial charge < -0.3 is 24.3 Å². The second-order valence-electron chi connectivity index (χ2n) is 7.47. The maximum atomic E-state index is 12.5. The smallest absolute Gasteiger partial charge is 0.481 e. The molecule has 0 aliphatic carbocycles. The third-order valence-corrected chi connectivity index (χ3v) is 5.23. The van der Waals surface area contributed by atoms with Gasteiger partial charge in [-0.05, 0) is 12.1 Å². The van der Waals surface area contributed by atoms with Crippen LogP contribution in [0.3, 0.4) is 0 Å². The van der Waals surface area contributed by atoms with E-state index in [-0.39, 0.29) is 11.9 Å². The molecular weight excluding hydrogens is 439 g/mol. The van der Waals surface area contributed by atoms with E-state index in [4.69, 9.17) is 19.1 Å². The number of carboxylic acid groups (broad SMARTS) is 2. The van der Waals surface area contributed by atoms with Gasteiger partial charge in [-0.1, -0.05) is 0 Å². The van der Waals surface area contributed by atoms with Crippen LogP contribution in [0.25, 0.3) is 0 Å². The van der Waals surface area contributed by atoms with Crippen molar-refractivity contribution in [2.45, 2.75) is 12.2 Å². The highest BCUT2D eigenvalue weighted by molar-refractivity contribution is 5.91. The van der Waals surface area contributed by atoms with Gasteiger partial charge in [-0.3, -0.25) is 19.4 Å². The maximum absolute atomic E-state index is 12.5. The van der Waals surface area contributed by atoms with Crippen molar-refractivity contribution in [3.63, 3.8) is 0 Å². The van der Waals surface area contributed by atoms with Crippen molar-refractivity contribution in [1.29, 1.82) is 0 Å². The predicted molar refractivity (Wildman–Crippen MR) is 103 cm³/mol. The Bertz CT molecular complexity index is 773. The van der Waals surface area contributed by atoms with E-state index in [0.29, 0.717) is 51.6 Å². The van der Waals surface area contributed by atoms with Crippen LogP contribution in [0.1, 0.15) is 10.6 Å². The second kappa shape index (κ2) is 11.3. The first-order chi connectivity index (χ1) is 15.0. The average Bonchev–Trinajstić information content (AvgIpc) is 3.19. The lowest BCUT2D eigenvalue weighted by atomic mass is 10.1. The highest BCUT2D eigenvalue weighted by atomic mass is 19.4. The third kappa shape index (κ3) is 7.21. The van der Waals surface area contributed by atoms with Crippen molar-refractivity contribution < 1.29 is 46.9 Å². The van der Waals surface area contributed by atoms with Crippen LogP contribution in [0.2, 0.25) is 0 Å². The van der Waals surface area contributed by atoms with Crippen LogP contribution < -0.4 is 0 Å². The molecule has 0 radical (unpaired) electrons. The molecule has 32 heavy (non-hydrogen) atoms. The fourth-order valence-electron chi connectivity index (χ4n) is 3.63. The number of piperazine rings is 1. The van der Waals surface area contributed by atoms with E-state index in [9.17, 15) is 27.9 Å². The molecule has 13 heteroatoms. The molecule has 180 valence electrons. The summed E-state index contributed by atoms with van der Waals surface area (Å²) in [4.78, 5) is 39.1. The van der Waals surface area contributed by atoms with E-state index in [1.165, 1.54) is 6.26 Å². The van der Waals surface area contributed by atoms with Crippen molar-refractivity contribution in [3.05, 3.63) is 24.2 Å². The van der Waals surface area contributed by atoms with Gasteiger partial charge >= 0.3 is 18.1 Å². The molecule has 0 saturated carbocycles. The Labute approximate surface area is 182 Å². The number of halogens is 3. The first-order valence-corrected chi connectivity index (χ1v) is 9.84. The Balaban J connectivity index is 0.000000451. The molecule has 1 amide bonds. The van der Waals surface area contributed by atoms with E-state index < -0.39 is 24.0 Å². The molecule has 1 aromatic heterocycles. The van der Waals surface area contributed by atoms with Gasteiger partial charge in [-0.15, -0.1) is 0 Å². The van der Waals surface area contributed by atoms with E-state index in [1.807, 2.05) is 0 Å². The van der Waals surface area contributed by atoms with Gasteiger partial charge in [0.25, 0.3) is 5.91 Å². The number of hydrogen-bond donors (Lipinski definition) is 2. The van der Waals surface area contributed by atoms with Crippen LogP contribution in [0.4, 0.5) is 13.2 Å². The van der Waals surface area contributed by atoms with Gasteiger partial charge in [-0.25, -0.2) is 4.79 Å². The standard InChI is InChI=1S/C17H25N3O5.C2HF3O2/c1-24-8-6-18-9-13(17(22)23)10-19-4-5-20(12-14(19)11-18)16(21)15-3-2-7-25-15;3-2(4,5)1(6)7/h2-3,7,13-14H,4-6,8-12H2,1H3,(H,22,23);(H,6,7). The number of carboxylic acids is 2. The number of furan rings is 1. The van der Waals surface area contributed by atoms with Crippen LogP contribution in [-0.2, 0) is 14.3 Å². The number of rotatable bonds is 5. The van der Waals surface area contributed by atoms with E-state index in [1.54, 1.807) is 24.1 Å². The molecule has 0 aromatic carbocycles. The molecule has 3 rings (SSSR count). The van der Waals surface area contributed by atoms with Crippen LogP contribution in [0, 0.1) is 5.92 Å². The number of nitrogens with zero attached hydrogens (tertiary/aromatic N) is 3. The molecule has 1 aromatic rings. The Kier molecular flexibility index (Phi) is 9.04. The van der Waals surface area contributed by atoms with E-state index >= 15 is 0 Å². The number of fused-ring (bicyclic) bond motifs is 1. The number of aliphatic carboxylic acids is 2. The highest BCUT2D eigenvalue weighted by Crippen LogP contribution is 2.20. The van der Waals surface area contributed by atoms with Crippen LogP contribution >= 0.6 is 0 Å². The molecule has 2 unspecified atom stereocenters. The van der Waals surface area contributed by atoms with Crippen molar-refractivity contribution >= 4 is 17.8 Å². The summed E-state index contributed by atoms with van der Waals surface area (Å²) < 4.78 is 42.1. The number of ether oxygens (including phenoxy) is 1. The van der Waals surface area contributed by atoms with Gasteiger partial charge in [0.15, 0.2) is 5.76 Å². The van der Waals surface area contributed by atoms with E-state index in [0.717, 1.165) is 6.54 Å². The Morgan fingerprint density at radius 3 is 2.38 bits per heavy atom. The molecule has 2 saturated heterocycles.